The normalized spacial score (nSPS) is 16.5. The van der Waals surface area contributed by atoms with Crippen molar-refractivity contribution in [3.63, 3.8) is 0 Å². The molecule has 2 aliphatic rings. The van der Waals surface area contributed by atoms with Crippen molar-refractivity contribution in [1.29, 1.82) is 0 Å². The lowest BCUT2D eigenvalue weighted by atomic mass is 9.69. The standard InChI is InChI=1S/C34H40Cl2FN5O3.BrH/c1-2-45-32-23-29(12-13-31(32)42(43)44)40-18-20-41(21-19-40)33(38-17-14-25-6-9-27(35)22-30(25)36)39-24-34(15-4-3-5-16-34)26-7-10-28(37)11-8-26;/h6-13,22-23H,2-5,14-21,24H2,1H3,(H,38,39);1H. The number of nitrogens with one attached hydrogen (secondary N) is 1. The van der Waals surface area contributed by atoms with Crippen molar-refractivity contribution in [3.8, 4) is 5.75 Å². The molecule has 1 aliphatic heterocycles. The van der Waals surface area contributed by atoms with Crippen molar-refractivity contribution >= 4 is 57.5 Å². The molecular formula is C34H41BrCl2FN5O3. The Morgan fingerprint density at radius 3 is 2.39 bits per heavy atom. The summed E-state index contributed by atoms with van der Waals surface area (Å²) in [6.45, 7) is 6.30. The van der Waals surface area contributed by atoms with Gasteiger partial charge in [0, 0.05) is 66.0 Å². The Morgan fingerprint density at radius 1 is 1.02 bits per heavy atom. The molecule has 1 aliphatic carbocycles. The average molecular weight is 738 g/mol. The first-order valence-electron chi connectivity index (χ1n) is 15.7. The zero-order chi connectivity index (χ0) is 31.8. The number of nitrogens with zero attached hydrogens (tertiary/aromatic N) is 4. The van der Waals surface area contributed by atoms with Crippen molar-refractivity contribution in [2.45, 2.75) is 50.9 Å². The van der Waals surface area contributed by atoms with Gasteiger partial charge in [-0.1, -0.05) is 60.7 Å². The fraction of sp³-hybridized carbons (Fsp3) is 0.441. The number of benzene rings is 3. The van der Waals surface area contributed by atoms with Gasteiger partial charge in [-0.15, -0.1) is 17.0 Å². The molecule has 8 nitrogen and oxygen atoms in total. The second-order valence-corrected chi connectivity index (χ2v) is 12.6. The largest absolute Gasteiger partial charge is 0.487 e. The maximum atomic E-state index is 13.8. The van der Waals surface area contributed by atoms with Gasteiger partial charge >= 0.3 is 5.69 Å². The van der Waals surface area contributed by atoms with Crippen LogP contribution in [0, 0.1) is 15.9 Å². The third-order valence-electron chi connectivity index (χ3n) is 8.88. The van der Waals surface area contributed by atoms with Crippen molar-refractivity contribution in [3.05, 3.63) is 97.8 Å². The van der Waals surface area contributed by atoms with Crippen molar-refractivity contribution in [2.24, 2.45) is 4.99 Å². The molecule has 0 amide bonds. The number of hydrogen-bond donors (Lipinski definition) is 1. The lowest BCUT2D eigenvalue weighted by Crippen LogP contribution is -2.53. The molecule has 3 aromatic carbocycles. The fourth-order valence-electron chi connectivity index (χ4n) is 6.40. The monoisotopic (exact) mass is 735 g/mol. The van der Waals surface area contributed by atoms with Crippen LogP contribution in [-0.4, -0.2) is 61.7 Å². The van der Waals surface area contributed by atoms with E-state index in [-0.39, 0.29) is 39.7 Å². The zero-order valence-electron chi connectivity index (χ0n) is 26.0. The zero-order valence-corrected chi connectivity index (χ0v) is 29.2. The summed E-state index contributed by atoms with van der Waals surface area (Å²) in [6, 6.07) is 17.6. The van der Waals surface area contributed by atoms with E-state index in [9.17, 15) is 14.5 Å². The SMILES string of the molecule is Br.CCOc1cc(N2CCN(C(=NCC3(c4ccc(F)cc4)CCCCC3)NCCc3ccc(Cl)cc3Cl)CC2)ccc1[N+](=O)[O-]. The molecule has 0 radical (unpaired) electrons. The molecule has 0 aromatic heterocycles. The predicted molar refractivity (Wildman–Crippen MR) is 190 cm³/mol. The van der Waals surface area contributed by atoms with Gasteiger partial charge < -0.3 is 19.9 Å². The van der Waals surface area contributed by atoms with Crippen LogP contribution in [0.3, 0.4) is 0 Å². The van der Waals surface area contributed by atoms with Gasteiger partial charge in [0.15, 0.2) is 11.7 Å². The number of ether oxygens (including phenoxy) is 1. The maximum Gasteiger partial charge on any atom is 0.311 e. The number of piperazine rings is 1. The summed E-state index contributed by atoms with van der Waals surface area (Å²) >= 11 is 12.6. The van der Waals surface area contributed by atoms with E-state index < -0.39 is 4.92 Å². The summed E-state index contributed by atoms with van der Waals surface area (Å²) in [5.41, 5.74) is 2.89. The highest BCUT2D eigenvalue weighted by Crippen LogP contribution is 2.40. The van der Waals surface area contributed by atoms with E-state index >= 15 is 0 Å². The van der Waals surface area contributed by atoms with Crippen LogP contribution in [-0.2, 0) is 11.8 Å². The van der Waals surface area contributed by atoms with E-state index in [0.717, 1.165) is 74.6 Å². The van der Waals surface area contributed by atoms with E-state index in [1.165, 1.54) is 12.5 Å². The molecule has 0 spiro atoms. The minimum atomic E-state index is -0.413. The summed E-state index contributed by atoms with van der Waals surface area (Å²) in [6.07, 6.45) is 6.21. The number of nitro benzene ring substituents is 1. The highest BCUT2D eigenvalue weighted by molar-refractivity contribution is 8.93. The smallest absolute Gasteiger partial charge is 0.311 e. The molecule has 0 unspecified atom stereocenters. The molecule has 1 N–H and O–H groups in total. The predicted octanol–water partition coefficient (Wildman–Crippen LogP) is 8.23. The van der Waals surface area contributed by atoms with Crippen molar-refractivity contribution in [1.82, 2.24) is 10.2 Å². The third kappa shape index (κ3) is 8.83. The minimum Gasteiger partial charge on any atom is -0.487 e. The lowest BCUT2D eigenvalue weighted by molar-refractivity contribution is -0.385. The Morgan fingerprint density at radius 2 is 1.74 bits per heavy atom. The van der Waals surface area contributed by atoms with Gasteiger partial charge in [-0.3, -0.25) is 15.1 Å². The Hall–Kier alpha value is -3.08. The molecule has 0 bridgehead atoms. The maximum absolute atomic E-state index is 13.8. The van der Waals surface area contributed by atoms with E-state index in [2.05, 4.69) is 15.1 Å². The van der Waals surface area contributed by atoms with Gasteiger partial charge in [0.25, 0.3) is 0 Å². The summed E-state index contributed by atoms with van der Waals surface area (Å²) in [7, 11) is 0. The van der Waals surface area contributed by atoms with Crippen LogP contribution in [0.2, 0.25) is 10.0 Å². The van der Waals surface area contributed by atoms with E-state index in [4.69, 9.17) is 32.9 Å². The molecule has 0 atom stereocenters. The van der Waals surface area contributed by atoms with Crippen LogP contribution in [0.15, 0.2) is 65.7 Å². The number of nitro groups is 1. The van der Waals surface area contributed by atoms with Gasteiger partial charge in [0.2, 0.25) is 0 Å². The summed E-state index contributed by atoms with van der Waals surface area (Å²) < 4.78 is 19.4. The molecule has 5 rings (SSSR count). The molecule has 1 saturated carbocycles. The van der Waals surface area contributed by atoms with Crippen LogP contribution < -0.4 is 15.0 Å². The second kappa shape index (κ2) is 16.7. The van der Waals surface area contributed by atoms with E-state index in [1.807, 2.05) is 31.2 Å². The van der Waals surface area contributed by atoms with Gasteiger partial charge in [0.05, 0.1) is 18.1 Å². The Kier molecular flexibility index (Phi) is 13.0. The van der Waals surface area contributed by atoms with Crippen LogP contribution in [0.5, 0.6) is 5.75 Å². The van der Waals surface area contributed by atoms with Crippen molar-refractivity contribution < 1.29 is 14.1 Å². The molecule has 12 heteroatoms. The number of hydrogen-bond acceptors (Lipinski definition) is 5. The molecule has 46 heavy (non-hydrogen) atoms. The van der Waals surface area contributed by atoms with Crippen LogP contribution in [0.1, 0.15) is 50.2 Å². The van der Waals surface area contributed by atoms with Gasteiger partial charge in [-0.2, -0.15) is 0 Å². The Balaban J connectivity index is 0.00000480. The van der Waals surface area contributed by atoms with Crippen LogP contribution >= 0.6 is 40.2 Å². The number of anilines is 1. The van der Waals surface area contributed by atoms with E-state index in [1.54, 1.807) is 30.3 Å². The first-order valence-corrected chi connectivity index (χ1v) is 16.4. The van der Waals surface area contributed by atoms with Gasteiger partial charge in [0.1, 0.15) is 5.82 Å². The van der Waals surface area contributed by atoms with Gasteiger partial charge in [-0.25, -0.2) is 4.39 Å². The first kappa shape index (κ1) is 35.8. The lowest BCUT2D eigenvalue weighted by Gasteiger charge is -2.39. The van der Waals surface area contributed by atoms with Crippen LogP contribution in [0.4, 0.5) is 15.8 Å². The van der Waals surface area contributed by atoms with Crippen LogP contribution in [0.25, 0.3) is 0 Å². The minimum absolute atomic E-state index is 0. The highest BCUT2D eigenvalue weighted by atomic mass is 79.9. The van der Waals surface area contributed by atoms with Gasteiger partial charge in [-0.05, 0) is 67.6 Å². The average Bonchev–Trinajstić information content (AvgIpc) is 3.04. The number of guanidine groups is 1. The van der Waals surface area contributed by atoms with Crippen molar-refractivity contribution in [2.75, 3.05) is 50.8 Å². The molecule has 1 saturated heterocycles. The fourth-order valence-corrected chi connectivity index (χ4v) is 6.90. The molecule has 2 fully saturated rings. The quantitative estimate of drug-likeness (QED) is 0.0978. The highest BCUT2D eigenvalue weighted by Gasteiger charge is 2.34. The summed E-state index contributed by atoms with van der Waals surface area (Å²) in [4.78, 5) is 20.8. The summed E-state index contributed by atoms with van der Waals surface area (Å²) in [5, 5.41) is 16.3. The molecule has 3 aromatic rings. The molecular weight excluding hydrogens is 696 g/mol. The number of aliphatic imine (C=N–C) groups is 1. The first-order chi connectivity index (χ1) is 21.8. The Labute approximate surface area is 290 Å². The topological polar surface area (TPSA) is 83.2 Å². The molecule has 1 heterocycles. The van der Waals surface area contributed by atoms with E-state index in [0.29, 0.717) is 36.2 Å². The number of halogens is 4. The third-order valence-corrected chi connectivity index (χ3v) is 9.46. The Bertz CT molecular complexity index is 1500. The molecule has 248 valence electrons. The second-order valence-electron chi connectivity index (χ2n) is 11.7. The number of rotatable bonds is 10. The summed E-state index contributed by atoms with van der Waals surface area (Å²) in [5.74, 6) is 0.895.